The number of carbonyl (C=O) groups is 2. The van der Waals surface area contributed by atoms with Crippen LogP contribution in [0.5, 0.6) is 5.75 Å². The molecule has 0 aliphatic carbocycles. The predicted molar refractivity (Wildman–Crippen MR) is 120 cm³/mol. The van der Waals surface area contributed by atoms with Crippen molar-refractivity contribution in [3.63, 3.8) is 0 Å². The van der Waals surface area contributed by atoms with E-state index in [1.807, 2.05) is 84.9 Å². The van der Waals surface area contributed by atoms with Crippen molar-refractivity contribution in [3.8, 4) is 5.75 Å². The number of hydrogen-bond donors (Lipinski definition) is 2. The molecule has 0 radical (unpaired) electrons. The molecule has 6 nitrogen and oxygen atoms in total. The van der Waals surface area contributed by atoms with Crippen LogP contribution in [0.25, 0.3) is 5.70 Å². The number of amides is 3. The highest BCUT2D eigenvalue weighted by molar-refractivity contribution is 6.12. The molecule has 31 heavy (non-hydrogen) atoms. The number of para-hydroxylation sites is 1. The average Bonchev–Trinajstić information content (AvgIpc) is 2.81. The van der Waals surface area contributed by atoms with E-state index in [0.717, 1.165) is 11.1 Å². The van der Waals surface area contributed by atoms with E-state index in [4.69, 9.17) is 4.74 Å². The minimum absolute atomic E-state index is 0.280. The first-order valence-electron chi connectivity index (χ1n) is 9.92. The van der Waals surface area contributed by atoms with Gasteiger partial charge in [-0.25, -0.2) is 4.79 Å². The molecule has 0 saturated carbocycles. The van der Waals surface area contributed by atoms with Crippen molar-refractivity contribution in [2.75, 3.05) is 19.5 Å². The number of ether oxygens (including phenoxy) is 1. The number of methoxy groups -OCH3 is 1. The second-order valence-corrected chi connectivity index (χ2v) is 7.16. The highest BCUT2D eigenvalue weighted by Crippen LogP contribution is 2.36. The van der Waals surface area contributed by atoms with Crippen molar-refractivity contribution in [1.29, 1.82) is 0 Å². The molecule has 0 fully saturated rings. The van der Waals surface area contributed by atoms with Crippen molar-refractivity contribution in [2.24, 2.45) is 0 Å². The summed E-state index contributed by atoms with van der Waals surface area (Å²) in [5, 5.41) is 5.93. The third kappa shape index (κ3) is 4.14. The summed E-state index contributed by atoms with van der Waals surface area (Å²) in [7, 11) is 3.26. The summed E-state index contributed by atoms with van der Waals surface area (Å²) in [6.45, 7) is 0. The summed E-state index contributed by atoms with van der Waals surface area (Å²) in [6, 6.07) is 25.2. The van der Waals surface area contributed by atoms with Gasteiger partial charge in [-0.1, -0.05) is 60.7 Å². The van der Waals surface area contributed by atoms with Gasteiger partial charge in [0.05, 0.1) is 24.4 Å². The lowest BCUT2D eigenvalue weighted by atomic mass is 9.91. The molecule has 2 N–H and O–H groups in total. The Bertz CT molecular complexity index is 1110. The summed E-state index contributed by atoms with van der Waals surface area (Å²) in [5.41, 5.74) is 3.28. The quantitative estimate of drug-likeness (QED) is 0.650. The van der Waals surface area contributed by atoms with Crippen LogP contribution in [0, 0.1) is 0 Å². The van der Waals surface area contributed by atoms with E-state index in [1.54, 1.807) is 14.2 Å². The molecule has 1 aliphatic heterocycles. The summed E-state index contributed by atoms with van der Waals surface area (Å²) in [4.78, 5) is 27.9. The van der Waals surface area contributed by atoms with Gasteiger partial charge in [0.15, 0.2) is 0 Å². The van der Waals surface area contributed by atoms with E-state index >= 15 is 0 Å². The van der Waals surface area contributed by atoms with Crippen LogP contribution >= 0.6 is 0 Å². The highest BCUT2D eigenvalue weighted by atomic mass is 16.5. The molecule has 1 aliphatic rings. The van der Waals surface area contributed by atoms with Crippen LogP contribution in [-0.2, 0) is 4.79 Å². The zero-order valence-electron chi connectivity index (χ0n) is 17.3. The number of carbonyl (C=O) groups excluding carboxylic acids is 2. The molecule has 1 heterocycles. The summed E-state index contributed by atoms with van der Waals surface area (Å²) in [5.74, 6) is 0.420. The molecular weight excluding hydrogens is 390 g/mol. The Morgan fingerprint density at radius 1 is 0.935 bits per heavy atom. The number of urea groups is 1. The van der Waals surface area contributed by atoms with Gasteiger partial charge < -0.3 is 15.4 Å². The van der Waals surface area contributed by atoms with Gasteiger partial charge in [0.25, 0.3) is 5.91 Å². The van der Waals surface area contributed by atoms with Crippen molar-refractivity contribution >= 4 is 23.3 Å². The number of nitrogens with one attached hydrogen (secondary N) is 2. The minimum Gasteiger partial charge on any atom is -0.497 e. The van der Waals surface area contributed by atoms with Gasteiger partial charge in [-0.2, -0.15) is 0 Å². The topological polar surface area (TPSA) is 70.7 Å². The van der Waals surface area contributed by atoms with Crippen molar-refractivity contribution in [1.82, 2.24) is 10.2 Å². The average molecular weight is 413 g/mol. The third-order valence-corrected chi connectivity index (χ3v) is 5.22. The van der Waals surface area contributed by atoms with Crippen LogP contribution in [0.2, 0.25) is 0 Å². The zero-order chi connectivity index (χ0) is 21.8. The van der Waals surface area contributed by atoms with Crippen molar-refractivity contribution in [2.45, 2.75) is 6.04 Å². The van der Waals surface area contributed by atoms with Crippen LogP contribution in [0.4, 0.5) is 10.5 Å². The molecule has 0 saturated heterocycles. The monoisotopic (exact) mass is 413 g/mol. The van der Waals surface area contributed by atoms with Crippen LogP contribution < -0.4 is 15.4 Å². The van der Waals surface area contributed by atoms with Gasteiger partial charge in [0.2, 0.25) is 0 Å². The van der Waals surface area contributed by atoms with Crippen molar-refractivity contribution < 1.29 is 14.3 Å². The van der Waals surface area contributed by atoms with E-state index in [-0.39, 0.29) is 11.9 Å². The van der Waals surface area contributed by atoms with Gasteiger partial charge in [0, 0.05) is 12.7 Å². The fourth-order valence-electron chi connectivity index (χ4n) is 3.66. The Hall–Kier alpha value is -4.06. The normalized spacial score (nSPS) is 16.0. The SMILES string of the molecule is COc1ccc([C@H]2NC(=O)N(C)C(c3ccccc3)=C2C(=O)Nc2ccccc2)cc1. The van der Waals surface area contributed by atoms with E-state index in [0.29, 0.717) is 22.7 Å². The fraction of sp³-hybridized carbons (Fsp3) is 0.120. The summed E-state index contributed by atoms with van der Waals surface area (Å²) in [6.07, 6.45) is 0. The lowest BCUT2D eigenvalue weighted by Gasteiger charge is -2.35. The van der Waals surface area contributed by atoms with Crippen molar-refractivity contribution in [3.05, 3.63) is 102 Å². The first-order valence-corrected chi connectivity index (χ1v) is 9.92. The van der Waals surface area contributed by atoms with Gasteiger partial charge >= 0.3 is 6.03 Å². The lowest BCUT2D eigenvalue weighted by Crippen LogP contribution is -2.46. The van der Waals surface area contributed by atoms with Crippen LogP contribution in [0.1, 0.15) is 17.2 Å². The molecule has 0 unspecified atom stereocenters. The molecule has 4 rings (SSSR count). The standard InChI is InChI=1S/C25H23N3O3/c1-28-23(18-9-5-3-6-10-18)21(24(29)26-19-11-7-4-8-12-19)22(27-25(28)30)17-13-15-20(31-2)16-14-17/h3-16,22H,1-2H3,(H,26,29)(H,27,30)/t22-/m1/s1. The van der Waals surface area contributed by atoms with Crippen LogP contribution in [-0.4, -0.2) is 31.0 Å². The molecule has 0 spiro atoms. The predicted octanol–water partition coefficient (Wildman–Crippen LogP) is 4.44. The minimum atomic E-state index is -0.617. The maximum atomic E-state index is 13.5. The second-order valence-electron chi connectivity index (χ2n) is 7.16. The van der Waals surface area contributed by atoms with E-state index in [1.165, 1.54) is 4.90 Å². The molecule has 3 aromatic carbocycles. The number of hydrogen-bond acceptors (Lipinski definition) is 3. The van der Waals surface area contributed by atoms with Gasteiger partial charge in [-0.15, -0.1) is 0 Å². The van der Waals surface area contributed by atoms with Gasteiger partial charge in [-0.05, 0) is 35.4 Å². The lowest BCUT2D eigenvalue weighted by molar-refractivity contribution is -0.113. The smallest absolute Gasteiger partial charge is 0.322 e. The second kappa shape index (κ2) is 8.75. The van der Waals surface area contributed by atoms with Crippen LogP contribution in [0.3, 0.4) is 0 Å². The molecule has 0 aromatic heterocycles. The maximum absolute atomic E-state index is 13.5. The molecule has 3 aromatic rings. The van der Waals surface area contributed by atoms with E-state index in [2.05, 4.69) is 10.6 Å². The number of nitrogens with zero attached hydrogens (tertiary/aromatic N) is 1. The van der Waals surface area contributed by atoms with E-state index in [9.17, 15) is 9.59 Å². The Kier molecular flexibility index (Phi) is 5.71. The molecular formula is C25H23N3O3. The number of anilines is 1. The number of rotatable bonds is 5. The first kappa shape index (κ1) is 20.2. The first-order chi connectivity index (χ1) is 15.1. The largest absolute Gasteiger partial charge is 0.497 e. The number of benzene rings is 3. The molecule has 0 bridgehead atoms. The Labute approximate surface area is 181 Å². The Morgan fingerprint density at radius 3 is 2.16 bits per heavy atom. The summed E-state index contributed by atoms with van der Waals surface area (Å²) >= 11 is 0. The van der Waals surface area contributed by atoms with E-state index < -0.39 is 6.04 Å². The van der Waals surface area contributed by atoms with Crippen LogP contribution in [0.15, 0.2) is 90.5 Å². The molecule has 1 atom stereocenters. The highest BCUT2D eigenvalue weighted by Gasteiger charge is 2.36. The molecule has 6 heteroatoms. The maximum Gasteiger partial charge on any atom is 0.322 e. The van der Waals surface area contributed by atoms with Gasteiger partial charge in [-0.3, -0.25) is 9.69 Å². The molecule has 156 valence electrons. The summed E-state index contributed by atoms with van der Waals surface area (Å²) < 4.78 is 5.25. The Balaban J connectivity index is 1.86. The molecule has 3 amide bonds. The Morgan fingerprint density at radius 2 is 1.55 bits per heavy atom. The zero-order valence-corrected chi connectivity index (χ0v) is 17.3. The van der Waals surface area contributed by atoms with Gasteiger partial charge in [0.1, 0.15) is 5.75 Å². The fourth-order valence-corrected chi connectivity index (χ4v) is 3.66. The third-order valence-electron chi connectivity index (χ3n) is 5.22.